The average Bonchev–Trinajstić information content (AvgIpc) is 3.31. The highest BCUT2D eigenvalue weighted by molar-refractivity contribution is 6.09. The molecule has 1 aliphatic carbocycles. The second-order valence-electron chi connectivity index (χ2n) is 8.42. The van der Waals surface area contributed by atoms with Crippen molar-refractivity contribution in [2.24, 2.45) is 0 Å². The van der Waals surface area contributed by atoms with Crippen LogP contribution >= 0.6 is 0 Å². The third-order valence-electron chi connectivity index (χ3n) is 5.88. The second-order valence-corrected chi connectivity index (χ2v) is 8.42. The number of anilines is 2. The van der Waals surface area contributed by atoms with Crippen molar-refractivity contribution in [3.63, 3.8) is 0 Å². The summed E-state index contributed by atoms with van der Waals surface area (Å²) in [6.07, 6.45) is 8.81. The molecule has 3 aromatic heterocycles. The van der Waals surface area contributed by atoms with Gasteiger partial charge in [0.05, 0.1) is 10.9 Å². The molecule has 1 amide bonds. The smallest absolute Gasteiger partial charge is 0.255 e. The van der Waals surface area contributed by atoms with Crippen LogP contribution in [0.2, 0.25) is 0 Å². The molecule has 2 aliphatic rings. The van der Waals surface area contributed by atoms with E-state index in [2.05, 4.69) is 42.4 Å². The lowest BCUT2D eigenvalue weighted by atomic mass is 10.0. The second kappa shape index (κ2) is 7.23. The van der Waals surface area contributed by atoms with Gasteiger partial charge in [-0.1, -0.05) is 0 Å². The molecule has 3 aromatic rings. The average molecular weight is 407 g/mol. The molecule has 9 nitrogen and oxygen atoms in total. The van der Waals surface area contributed by atoms with Crippen LogP contribution < -0.4 is 15.5 Å². The van der Waals surface area contributed by atoms with E-state index in [1.807, 2.05) is 13.0 Å². The number of nitrogens with zero attached hydrogens (tertiary/aromatic N) is 5. The van der Waals surface area contributed by atoms with Crippen LogP contribution in [0.1, 0.15) is 48.8 Å². The number of furan rings is 1. The molecule has 0 aromatic carbocycles. The van der Waals surface area contributed by atoms with Gasteiger partial charge in [-0.15, -0.1) is 0 Å². The fourth-order valence-corrected chi connectivity index (χ4v) is 3.85. The standard InChI is InChI=1S/C21H25N7O2/c1-13-24-17(27-21(2)6-7-21)16-15(12-30-19(16)25-13)18(29)26-14-4-10-28(11-5-14)20-22-8-3-9-23-20/h3,8-9,12,14H,4-7,10-11H2,1-2H3,(H,26,29)(H,24,25,27). The molecule has 1 saturated heterocycles. The summed E-state index contributed by atoms with van der Waals surface area (Å²) in [4.78, 5) is 32.7. The molecule has 0 spiro atoms. The lowest BCUT2D eigenvalue weighted by Gasteiger charge is -2.32. The number of carbonyl (C=O) groups excluding carboxylic acids is 1. The van der Waals surface area contributed by atoms with Gasteiger partial charge < -0.3 is 20.0 Å². The summed E-state index contributed by atoms with van der Waals surface area (Å²) in [5.41, 5.74) is 0.950. The molecule has 2 N–H and O–H groups in total. The highest BCUT2D eigenvalue weighted by Gasteiger charge is 2.38. The monoisotopic (exact) mass is 407 g/mol. The van der Waals surface area contributed by atoms with Gasteiger partial charge in [0.25, 0.3) is 5.91 Å². The first-order chi connectivity index (χ1) is 14.5. The van der Waals surface area contributed by atoms with Gasteiger partial charge in [-0.3, -0.25) is 4.79 Å². The number of carbonyl (C=O) groups is 1. The van der Waals surface area contributed by atoms with E-state index in [9.17, 15) is 4.79 Å². The zero-order valence-corrected chi connectivity index (χ0v) is 17.2. The molecule has 2 fully saturated rings. The number of rotatable bonds is 5. The molecule has 0 atom stereocenters. The van der Waals surface area contributed by atoms with Crippen LogP contribution in [0.15, 0.2) is 29.1 Å². The summed E-state index contributed by atoms with van der Waals surface area (Å²) in [5, 5.41) is 7.28. The highest BCUT2D eigenvalue weighted by Crippen LogP contribution is 2.40. The number of fused-ring (bicyclic) bond motifs is 1. The maximum Gasteiger partial charge on any atom is 0.255 e. The third kappa shape index (κ3) is 3.67. The van der Waals surface area contributed by atoms with E-state index in [4.69, 9.17) is 4.42 Å². The van der Waals surface area contributed by atoms with E-state index >= 15 is 0 Å². The van der Waals surface area contributed by atoms with Gasteiger partial charge in [0.15, 0.2) is 0 Å². The Kier molecular flexibility index (Phi) is 4.52. The van der Waals surface area contributed by atoms with E-state index in [1.54, 1.807) is 12.4 Å². The van der Waals surface area contributed by atoms with Gasteiger partial charge >= 0.3 is 0 Å². The molecule has 0 bridgehead atoms. The van der Waals surface area contributed by atoms with Crippen LogP contribution in [0, 0.1) is 6.92 Å². The van der Waals surface area contributed by atoms with Gasteiger partial charge in [0, 0.05) is 37.1 Å². The van der Waals surface area contributed by atoms with Crippen molar-refractivity contribution in [2.75, 3.05) is 23.3 Å². The van der Waals surface area contributed by atoms with E-state index in [0.717, 1.165) is 44.7 Å². The molecule has 1 aliphatic heterocycles. The summed E-state index contributed by atoms with van der Waals surface area (Å²) in [7, 11) is 0. The van der Waals surface area contributed by atoms with Gasteiger partial charge in [0.1, 0.15) is 17.9 Å². The Bertz CT molecular complexity index is 1070. The van der Waals surface area contributed by atoms with E-state index in [1.165, 1.54) is 6.26 Å². The quantitative estimate of drug-likeness (QED) is 0.664. The zero-order valence-electron chi connectivity index (χ0n) is 17.2. The lowest BCUT2D eigenvalue weighted by Crippen LogP contribution is -2.45. The predicted octanol–water partition coefficient (Wildman–Crippen LogP) is 2.68. The summed E-state index contributed by atoms with van der Waals surface area (Å²) in [6, 6.07) is 1.90. The van der Waals surface area contributed by atoms with Gasteiger partial charge in [-0.25, -0.2) is 15.0 Å². The third-order valence-corrected chi connectivity index (χ3v) is 5.88. The SMILES string of the molecule is Cc1nc(NC2(C)CC2)c2c(C(=O)NC3CCN(c4ncccn4)CC3)coc2n1. The first-order valence-corrected chi connectivity index (χ1v) is 10.4. The minimum atomic E-state index is -0.153. The molecule has 156 valence electrons. The molecule has 4 heterocycles. The predicted molar refractivity (Wildman–Crippen MR) is 113 cm³/mol. The van der Waals surface area contributed by atoms with Crippen LogP contribution in [0.25, 0.3) is 11.1 Å². The summed E-state index contributed by atoms with van der Waals surface area (Å²) in [6.45, 7) is 5.58. The zero-order chi connectivity index (χ0) is 20.7. The summed E-state index contributed by atoms with van der Waals surface area (Å²) < 4.78 is 5.61. The van der Waals surface area contributed by atoms with Gasteiger partial charge in [-0.05, 0) is 45.6 Å². The van der Waals surface area contributed by atoms with Crippen molar-refractivity contribution in [1.82, 2.24) is 25.3 Å². The van der Waals surface area contributed by atoms with Gasteiger partial charge in [0.2, 0.25) is 11.7 Å². The fourth-order valence-electron chi connectivity index (χ4n) is 3.85. The molecular weight excluding hydrogens is 382 g/mol. The van der Waals surface area contributed by atoms with Crippen molar-refractivity contribution in [1.29, 1.82) is 0 Å². The molecule has 0 unspecified atom stereocenters. The molecule has 0 radical (unpaired) electrons. The number of hydrogen-bond acceptors (Lipinski definition) is 8. The topological polar surface area (TPSA) is 109 Å². The van der Waals surface area contributed by atoms with Crippen LogP contribution in [-0.2, 0) is 0 Å². The molecular formula is C21H25N7O2. The van der Waals surface area contributed by atoms with Crippen molar-refractivity contribution in [3.8, 4) is 0 Å². The Morgan fingerprint density at radius 2 is 1.93 bits per heavy atom. The van der Waals surface area contributed by atoms with Crippen LogP contribution in [0.3, 0.4) is 0 Å². The Morgan fingerprint density at radius 1 is 1.20 bits per heavy atom. The molecule has 1 saturated carbocycles. The number of hydrogen-bond donors (Lipinski definition) is 2. The number of piperidine rings is 1. The van der Waals surface area contributed by atoms with Crippen molar-refractivity contribution in [2.45, 2.75) is 51.1 Å². The number of aromatic nitrogens is 4. The largest absolute Gasteiger partial charge is 0.445 e. The minimum Gasteiger partial charge on any atom is -0.445 e. The van der Waals surface area contributed by atoms with Crippen molar-refractivity contribution in [3.05, 3.63) is 36.1 Å². The number of amides is 1. The van der Waals surface area contributed by atoms with E-state index in [0.29, 0.717) is 28.3 Å². The highest BCUT2D eigenvalue weighted by atomic mass is 16.3. The number of aryl methyl sites for hydroxylation is 1. The lowest BCUT2D eigenvalue weighted by molar-refractivity contribution is 0.0932. The fraction of sp³-hybridized carbons (Fsp3) is 0.476. The Hall–Kier alpha value is -3.23. The Morgan fingerprint density at radius 3 is 2.63 bits per heavy atom. The van der Waals surface area contributed by atoms with Crippen LogP contribution in [0.5, 0.6) is 0 Å². The normalized spacial score (nSPS) is 18.4. The summed E-state index contributed by atoms with van der Waals surface area (Å²) >= 11 is 0. The van der Waals surface area contributed by atoms with Crippen molar-refractivity contribution >= 4 is 28.8 Å². The van der Waals surface area contributed by atoms with Gasteiger partial charge in [-0.2, -0.15) is 4.98 Å². The molecule has 9 heteroatoms. The Labute approximate surface area is 174 Å². The van der Waals surface area contributed by atoms with E-state index in [-0.39, 0.29) is 17.5 Å². The maximum atomic E-state index is 13.1. The molecule has 30 heavy (non-hydrogen) atoms. The first-order valence-electron chi connectivity index (χ1n) is 10.4. The van der Waals surface area contributed by atoms with Crippen LogP contribution in [-0.4, -0.2) is 50.5 Å². The Balaban J connectivity index is 1.31. The van der Waals surface area contributed by atoms with E-state index < -0.39 is 0 Å². The first kappa shape index (κ1) is 18.8. The number of nitrogens with one attached hydrogen (secondary N) is 2. The maximum absolute atomic E-state index is 13.1. The molecule has 5 rings (SSSR count). The van der Waals surface area contributed by atoms with Crippen LogP contribution in [0.4, 0.5) is 11.8 Å². The van der Waals surface area contributed by atoms with Crippen molar-refractivity contribution < 1.29 is 9.21 Å². The minimum absolute atomic E-state index is 0.0328. The summed E-state index contributed by atoms with van der Waals surface area (Å²) in [5.74, 6) is 1.87.